The summed E-state index contributed by atoms with van der Waals surface area (Å²) in [6.45, 7) is 1.50. The molecule has 0 fully saturated rings. The van der Waals surface area contributed by atoms with E-state index < -0.39 is 0 Å². The van der Waals surface area contributed by atoms with Crippen LogP contribution in [0.3, 0.4) is 0 Å². The average Bonchev–Trinajstić information content (AvgIpc) is 1.98. The molecule has 0 amide bonds. The molecule has 64 valence electrons. The second-order valence-corrected chi connectivity index (χ2v) is 3.34. The number of hydrogen-bond donors (Lipinski definition) is 0. The number of carbonyl (C=O) groups is 2. The molecule has 0 spiro atoms. The van der Waals surface area contributed by atoms with Gasteiger partial charge in [0.05, 0.1) is 7.11 Å². The number of hydrogen-bond acceptors (Lipinski definition) is 3. The van der Waals surface area contributed by atoms with Gasteiger partial charge in [0.1, 0.15) is 10.6 Å². The summed E-state index contributed by atoms with van der Waals surface area (Å²) >= 11 is 3.11. The summed E-state index contributed by atoms with van der Waals surface area (Å²) in [7, 11) is 1.32. The highest BCUT2D eigenvalue weighted by Gasteiger charge is 2.14. The smallest absolute Gasteiger partial charge is 0.319 e. The Hall–Kier alpha value is -0.380. The predicted molar refractivity (Wildman–Crippen MR) is 44.6 cm³/mol. The fourth-order valence-electron chi connectivity index (χ4n) is 0.576. The van der Waals surface area contributed by atoms with Crippen molar-refractivity contribution >= 4 is 27.7 Å². The molecule has 0 aliphatic heterocycles. The minimum absolute atomic E-state index is 0.0818. The molecule has 0 rings (SSSR count). The Morgan fingerprint density at radius 2 is 2.09 bits per heavy atom. The Morgan fingerprint density at radius 3 is 2.45 bits per heavy atom. The van der Waals surface area contributed by atoms with Gasteiger partial charge in [-0.3, -0.25) is 4.79 Å². The van der Waals surface area contributed by atoms with Crippen molar-refractivity contribution in [3.63, 3.8) is 0 Å². The van der Waals surface area contributed by atoms with Gasteiger partial charge in [-0.05, 0) is 13.3 Å². The van der Waals surface area contributed by atoms with Crippen LogP contribution in [-0.4, -0.2) is 23.7 Å². The second kappa shape index (κ2) is 5.29. The molecule has 0 heterocycles. The van der Waals surface area contributed by atoms with Crippen molar-refractivity contribution in [1.82, 2.24) is 0 Å². The molecule has 0 aliphatic rings. The van der Waals surface area contributed by atoms with Crippen LogP contribution in [0.25, 0.3) is 0 Å². The number of methoxy groups -OCH3 is 1. The Labute approximate surface area is 74.2 Å². The number of Topliss-reactive ketones (excluding diaryl/α,β-unsaturated/α-hetero) is 1. The zero-order valence-corrected chi connectivity index (χ0v) is 8.18. The van der Waals surface area contributed by atoms with Crippen molar-refractivity contribution in [2.24, 2.45) is 0 Å². The van der Waals surface area contributed by atoms with Gasteiger partial charge in [0.25, 0.3) is 0 Å². The lowest BCUT2D eigenvalue weighted by atomic mass is 10.2. The molecule has 11 heavy (non-hydrogen) atoms. The molecule has 0 aromatic carbocycles. The fourth-order valence-corrected chi connectivity index (χ4v) is 0.992. The molecule has 0 saturated carbocycles. The largest absolute Gasteiger partial charge is 0.468 e. The van der Waals surface area contributed by atoms with Gasteiger partial charge in [-0.25, -0.2) is 0 Å². The topological polar surface area (TPSA) is 43.4 Å². The van der Waals surface area contributed by atoms with Gasteiger partial charge in [0, 0.05) is 6.42 Å². The third-order valence-electron chi connectivity index (χ3n) is 1.21. The summed E-state index contributed by atoms with van der Waals surface area (Å²) in [6.07, 6.45) is 0.910. The van der Waals surface area contributed by atoms with Gasteiger partial charge < -0.3 is 9.53 Å². The number of ketones is 1. The second-order valence-electron chi connectivity index (χ2n) is 2.23. The van der Waals surface area contributed by atoms with E-state index in [1.165, 1.54) is 14.0 Å². The summed E-state index contributed by atoms with van der Waals surface area (Å²) in [5.74, 6) is -0.246. The van der Waals surface area contributed by atoms with Crippen molar-refractivity contribution < 1.29 is 14.3 Å². The standard InChI is InChI=1S/C7H11BrO3/c1-5(9)3-4-6(8)7(10)11-2/h6H,3-4H2,1-2H3. The average molecular weight is 223 g/mol. The zero-order valence-electron chi connectivity index (χ0n) is 6.59. The first-order valence-corrected chi connectivity index (χ1v) is 4.20. The van der Waals surface area contributed by atoms with E-state index in [2.05, 4.69) is 20.7 Å². The zero-order chi connectivity index (χ0) is 8.85. The van der Waals surface area contributed by atoms with Crippen LogP contribution in [0.5, 0.6) is 0 Å². The Morgan fingerprint density at radius 1 is 1.55 bits per heavy atom. The minimum Gasteiger partial charge on any atom is -0.468 e. The maximum Gasteiger partial charge on any atom is 0.319 e. The molecule has 0 aromatic rings. The molecule has 3 nitrogen and oxygen atoms in total. The number of esters is 1. The first-order valence-electron chi connectivity index (χ1n) is 3.29. The molecule has 0 bridgehead atoms. The lowest BCUT2D eigenvalue weighted by molar-refractivity contribution is -0.139. The van der Waals surface area contributed by atoms with Gasteiger partial charge in [-0.2, -0.15) is 0 Å². The van der Waals surface area contributed by atoms with Crippen LogP contribution in [-0.2, 0) is 14.3 Å². The van der Waals surface area contributed by atoms with Crippen molar-refractivity contribution in [3.8, 4) is 0 Å². The first-order chi connectivity index (χ1) is 5.07. The third-order valence-corrected chi connectivity index (χ3v) is 2.04. The summed E-state index contributed by atoms with van der Waals surface area (Å²) < 4.78 is 4.45. The van der Waals surface area contributed by atoms with E-state index >= 15 is 0 Å². The van der Waals surface area contributed by atoms with E-state index in [0.29, 0.717) is 12.8 Å². The fraction of sp³-hybridized carbons (Fsp3) is 0.714. The van der Waals surface area contributed by atoms with Crippen LogP contribution >= 0.6 is 15.9 Å². The summed E-state index contributed by atoms with van der Waals surface area (Å²) in [5.41, 5.74) is 0. The molecule has 0 saturated heterocycles. The van der Waals surface area contributed by atoms with Crippen LogP contribution in [0.2, 0.25) is 0 Å². The first kappa shape index (κ1) is 10.6. The van der Waals surface area contributed by atoms with Gasteiger partial charge in [0.15, 0.2) is 0 Å². The summed E-state index contributed by atoms with van der Waals surface area (Å²) in [4.78, 5) is 20.9. The molecule has 0 radical (unpaired) electrons. The van der Waals surface area contributed by atoms with Crippen molar-refractivity contribution in [2.75, 3.05) is 7.11 Å². The maximum absolute atomic E-state index is 10.7. The quantitative estimate of drug-likeness (QED) is 0.532. The number of halogens is 1. The van der Waals surface area contributed by atoms with E-state index in [-0.39, 0.29) is 16.6 Å². The highest BCUT2D eigenvalue weighted by Crippen LogP contribution is 2.09. The van der Waals surface area contributed by atoms with E-state index in [1.807, 2.05) is 0 Å². The Bertz CT molecular complexity index is 156. The number of carbonyl (C=O) groups excluding carboxylic acids is 2. The molecule has 0 N–H and O–H groups in total. The number of ether oxygens (including phenoxy) is 1. The van der Waals surface area contributed by atoms with Crippen LogP contribution in [0, 0.1) is 0 Å². The highest BCUT2D eigenvalue weighted by molar-refractivity contribution is 9.10. The van der Waals surface area contributed by atoms with Crippen LogP contribution < -0.4 is 0 Å². The monoisotopic (exact) mass is 222 g/mol. The maximum atomic E-state index is 10.7. The number of rotatable bonds is 4. The predicted octanol–water partition coefficient (Wildman–Crippen LogP) is 1.29. The lowest BCUT2D eigenvalue weighted by Crippen LogP contribution is -2.16. The minimum atomic E-state index is -0.351. The van der Waals surface area contributed by atoms with Gasteiger partial charge in [-0.15, -0.1) is 0 Å². The van der Waals surface area contributed by atoms with Crippen LogP contribution in [0.4, 0.5) is 0 Å². The summed E-state index contributed by atoms with van der Waals surface area (Å²) in [5, 5.41) is 0. The van der Waals surface area contributed by atoms with Crippen molar-refractivity contribution in [1.29, 1.82) is 0 Å². The molecular weight excluding hydrogens is 212 g/mol. The van der Waals surface area contributed by atoms with E-state index in [9.17, 15) is 9.59 Å². The molecule has 1 atom stereocenters. The molecule has 4 heteroatoms. The molecular formula is C7H11BrO3. The van der Waals surface area contributed by atoms with E-state index in [1.54, 1.807) is 0 Å². The lowest BCUT2D eigenvalue weighted by Gasteiger charge is -2.04. The Kier molecular flexibility index (Phi) is 5.11. The van der Waals surface area contributed by atoms with Crippen molar-refractivity contribution in [2.45, 2.75) is 24.6 Å². The normalized spacial score (nSPS) is 12.3. The highest BCUT2D eigenvalue weighted by atomic mass is 79.9. The Balaban J connectivity index is 3.60. The molecule has 1 unspecified atom stereocenters. The summed E-state index contributed by atoms with van der Waals surface area (Å²) in [6, 6.07) is 0. The van der Waals surface area contributed by atoms with Crippen LogP contribution in [0.15, 0.2) is 0 Å². The van der Waals surface area contributed by atoms with Crippen LogP contribution in [0.1, 0.15) is 19.8 Å². The molecule has 0 aromatic heterocycles. The van der Waals surface area contributed by atoms with Gasteiger partial charge >= 0.3 is 5.97 Å². The number of alkyl halides is 1. The van der Waals surface area contributed by atoms with Gasteiger partial charge in [-0.1, -0.05) is 15.9 Å². The molecule has 0 aliphatic carbocycles. The van der Waals surface area contributed by atoms with E-state index in [4.69, 9.17) is 0 Å². The van der Waals surface area contributed by atoms with Gasteiger partial charge in [0.2, 0.25) is 0 Å². The third kappa shape index (κ3) is 4.95. The SMILES string of the molecule is COC(=O)C(Br)CCC(C)=O. The van der Waals surface area contributed by atoms with Crippen molar-refractivity contribution in [3.05, 3.63) is 0 Å². The van der Waals surface area contributed by atoms with E-state index in [0.717, 1.165) is 0 Å².